The quantitative estimate of drug-likeness (QED) is 0.842. The summed E-state index contributed by atoms with van der Waals surface area (Å²) in [7, 11) is 0. The summed E-state index contributed by atoms with van der Waals surface area (Å²) in [4.78, 5) is 0. The molecule has 2 aromatic carbocycles. The van der Waals surface area contributed by atoms with Crippen molar-refractivity contribution in [1.29, 1.82) is 0 Å². The lowest BCUT2D eigenvalue weighted by Gasteiger charge is -2.43. The molecule has 0 bridgehead atoms. The lowest BCUT2D eigenvalue weighted by atomic mass is 9.95. The summed E-state index contributed by atoms with van der Waals surface area (Å²) in [5.74, 6) is 1.81. The molecule has 4 nitrogen and oxygen atoms in total. The first-order valence-corrected chi connectivity index (χ1v) is 8.46. The molecule has 2 aliphatic rings. The molecule has 0 aromatic heterocycles. The smallest absolute Gasteiger partial charge is 0.192 e. The number of rotatable bonds is 3. The standard InChI is InChI=1S/C20H22N2O2/c1-4-23-15-10-11-19-16(12-15)18-13-17(14-8-6-5-7-9-14)21-22(18)20(2,3)24-19/h5-12,18H,4,13H2,1-3H3/t18-/m0/s1. The van der Waals surface area contributed by atoms with Crippen molar-refractivity contribution in [3.63, 3.8) is 0 Å². The van der Waals surface area contributed by atoms with Gasteiger partial charge in [-0.05, 0) is 44.5 Å². The molecule has 2 aliphatic heterocycles. The van der Waals surface area contributed by atoms with Crippen molar-refractivity contribution in [2.75, 3.05) is 6.61 Å². The van der Waals surface area contributed by atoms with Gasteiger partial charge in [0.25, 0.3) is 0 Å². The van der Waals surface area contributed by atoms with Gasteiger partial charge in [0, 0.05) is 12.0 Å². The highest BCUT2D eigenvalue weighted by atomic mass is 16.5. The molecular formula is C20H22N2O2. The van der Waals surface area contributed by atoms with Crippen LogP contribution >= 0.6 is 0 Å². The van der Waals surface area contributed by atoms with Gasteiger partial charge in [-0.2, -0.15) is 5.10 Å². The first kappa shape index (κ1) is 15.1. The van der Waals surface area contributed by atoms with E-state index >= 15 is 0 Å². The van der Waals surface area contributed by atoms with E-state index in [0.29, 0.717) is 6.61 Å². The summed E-state index contributed by atoms with van der Waals surface area (Å²) in [6.45, 7) is 6.79. The fraction of sp³-hybridized carbons (Fsp3) is 0.350. The van der Waals surface area contributed by atoms with E-state index in [2.05, 4.69) is 49.2 Å². The summed E-state index contributed by atoms with van der Waals surface area (Å²) in [5.41, 5.74) is 2.95. The van der Waals surface area contributed by atoms with E-state index in [1.807, 2.05) is 25.1 Å². The second-order valence-electron chi connectivity index (χ2n) is 6.66. The van der Waals surface area contributed by atoms with E-state index in [1.54, 1.807) is 0 Å². The third kappa shape index (κ3) is 2.42. The highest BCUT2D eigenvalue weighted by molar-refractivity contribution is 6.01. The van der Waals surface area contributed by atoms with Crippen molar-refractivity contribution in [1.82, 2.24) is 5.01 Å². The molecule has 0 unspecified atom stereocenters. The molecule has 0 saturated heterocycles. The topological polar surface area (TPSA) is 34.1 Å². The normalized spacial score (nSPS) is 20.7. The third-order valence-electron chi connectivity index (χ3n) is 4.58. The van der Waals surface area contributed by atoms with Crippen LogP contribution in [0.2, 0.25) is 0 Å². The van der Waals surface area contributed by atoms with E-state index in [1.165, 1.54) is 5.56 Å². The molecule has 1 atom stereocenters. The molecular weight excluding hydrogens is 300 g/mol. The predicted molar refractivity (Wildman–Crippen MR) is 94.5 cm³/mol. The first-order chi connectivity index (χ1) is 11.6. The van der Waals surface area contributed by atoms with Crippen LogP contribution in [0.3, 0.4) is 0 Å². The Balaban J connectivity index is 1.74. The van der Waals surface area contributed by atoms with E-state index < -0.39 is 5.72 Å². The number of ether oxygens (including phenoxy) is 2. The van der Waals surface area contributed by atoms with Gasteiger partial charge in [-0.3, -0.25) is 0 Å². The zero-order valence-corrected chi connectivity index (χ0v) is 14.3. The monoisotopic (exact) mass is 322 g/mol. The molecule has 0 aliphatic carbocycles. The lowest BCUT2D eigenvalue weighted by molar-refractivity contribution is -0.0912. The van der Waals surface area contributed by atoms with Crippen molar-refractivity contribution in [2.45, 2.75) is 39.0 Å². The maximum Gasteiger partial charge on any atom is 0.192 e. The zero-order chi connectivity index (χ0) is 16.7. The average Bonchev–Trinajstić information content (AvgIpc) is 3.03. The van der Waals surface area contributed by atoms with Crippen LogP contribution in [0.4, 0.5) is 0 Å². The van der Waals surface area contributed by atoms with Crippen molar-refractivity contribution in [2.24, 2.45) is 5.10 Å². The Hall–Kier alpha value is -2.49. The van der Waals surface area contributed by atoms with Crippen molar-refractivity contribution >= 4 is 5.71 Å². The minimum atomic E-state index is -0.471. The van der Waals surface area contributed by atoms with Gasteiger partial charge in [-0.1, -0.05) is 30.3 Å². The third-order valence-corrected chi connectivity index (χ3v) is 4.58. The zero-order valence-electron chi connectivity index (χ0n) is 14.3. The number of hydrogen-bond acceptors (Lipinski definition) is 4. The van der Waals surface area contributed by atoms with Gasteiger partial charge in [0.1, 0.15) is 11.5 Å². The SMILES string of the molecule is CCOc1ccc2c(c1)[C@@H]1CC(c3ccccc3)=NN1C(C)(C)O2. The van der Waals surface area contributed by atoms with Gasteiger partial charge >= 0.3 is 0 Å². The van der Waals surface area contributed by atoms with Gasteiger partial charge in [0.15, 0.2) is 5.72 Å². The molecule has 2 aromatic rings. The molecule has 0 saturated carbocycles. The average molecular weight is 322 g/mol. The number of hydrazone groups is 1. The number of hydrogen-bond donors (Lipinski definition) is 0. The number of benzene rings is 2. The first-order valence-electron chi connectivity index (χ1n) is 8.46. The Morgan fingerprint density at radius 3 is 2.75 bits per heavy atom. The van der Waals surface area contributed by atoms with Crippen molar-refractivity contribution in [3.8, 4) is 11.5 Å². The van der Waals surface area contributed by atoms with Crippen LogP contribution in [0.25, 0.3) is 0 Å². The van der Waals surface area contributed by atoms with Crippen LogP contribution in [-0.2, 0) is 0 Å². The minimum absolute atomic E-state index is 0.180. The van der Waals surface area contributed by atoms with E-state index in [4.69, 9.17) is 14.6 Å². The molecule has 0 fully saturated rings. The second kappa shape index (κ2) is 5.55. The number of nitrogens with zero attached hydrogens (tertiary/aromatic N) is 2. The summed E-state index contributed by atoms with van der Waals surface area (Å²) in [5, 5.41) is 6.98. The molecule has 24 heavy (non-hydrogen) atoms. The van der Waals surface area contributed by atoms with Gasteiger partial charge in [0.05, 0.1) is 18.4 Å². The van der Waals surface area contributed by atoms with Crippen LogP contribution in [0.15, 0.2) is 53.6 Å². The van der Waals surface area contributed by atoms with Crippen LogP contribution in [0, 0.1) is 0 Å². The Morgan fingerprint density at radius 1 is 1.21 bits per heavy atom. The molecule has 4 heteroatoms. The van der Waals surface area contributed by atoms with Crippen molar-refractivity contribution in [3.05, 3.63) is 59.7 Å². The fourth-order valence-electron chi connectivity index (χ4n) is 3.51. The van der Waals surface area contributed by atoms with Crippen LogP contribution in [0.5, 0.6) is 11.5 Å². The van der Waals surface area contributed by atoms with Gasteiger partial charge < -0.3 is 9.47 Å². The van der Waals surface area contributed by atoms with Crippen molar-refractivity contribution < 1.29 is 9.47 Å². The Labute approximate surface area is 142 Å². The van der Waals surface area contributed by atoms with Crippen LogP contribution in [-0.4, -0.2) is 23.1 Å². The molecule has 0 N–H and O–H groups in total. The van der Waals surface area contributed by atoms with Gasteiger partial charge in [-0.15, -0.1) is 0 Å². The minimum Gasteiger partial charge on any atom is -0.494 e. The molecule has 124 valence electrons. The maximum atomic E-state index is 6.21. The summed E-state index contributed by atoms with van der Waals surface area (Å²) in [6, 6.07) is 16.6. The Bertz CT molecular complexity index is 783. The summed E-state index contributed by atoms with van der Waals surface area (Å²) in [6.07, 6.45) is 0.874. The van der Waals surface area contributed by atoms with Gasteiger partial charge in [0.2, 0.25) is 0 Å². The number of fused-ring (bicyclic) bond motifs is 3. The highest BCUT2D eigenvalue weighted by Crippen LogP contribution is 2.47. The Kier molecular flexibility index (Phi) is 3.48. The van der Waals surface area contributed by atoms with Gasteiger partial charge in [-0.25, -0.2) is 5.01 Å². The molecule has 0 amide bonds. The fourth-order valence-corrected chi connectivity index (χ4v) is 3.51. The van der Waals surface area contributed by atoms with Crippen LogP contribution < -0.4 is 9.47 Å². The Morgan fingerprint density at radius 2 is 2.00 bits per heavy atom. The lowest BCUT2D eigenvalue weighted by Crippen LogP contribution is -2.48. The summed E-state index contributed by atoms with van der Waals surface area (Å²) < 4.78 is 11.9. The highest BCUT2D eigenvalue weighted by Gasteiger charge is 2.44. The maximum absolute atomic E-state index is 6.21. The van der Waals surface area contributed by atoms with E-state index in [-0.39, 0.29) is 6.04 Å². The van der Waals surface area contributed by atoms with Crippen LogP contribution in [0.1, 0.15) is 44.4 Å². The summed E-state index contributed by atoms with van der Waals surface area (Å²) >= 11 is 0. The molecule has 2 heterocycles. The van der Waals surface area contributed by atoms with E-state index in [9.17, 15) is 0 Å². The van der Waals surface area contributed by atoms with E-state index in [0.717, 1.165) is 29.2 Å². The molecule has 4 rings (SSSR count). The largest absolute Gasteiger partial charge is 0.494 e. The predicted octanol–water partition coefficient (Wildman–Crippen LogP) is 4.36. The molecule has 0 spiro atoms. The second-order valence-corrected chi connectivity index (χ2v) is 6.66. The molecule has 0 radical (unpaired) electrons.